The largest absolute Gasteiger partial charge is 0.469 e. The number of aryl methyl sites for hydroxylation is 1. The first-order chi connectivity index (χ1) is 7.62. The minimum Gasteiger partial charge on any atom is -0.469 e. The van der Waals surface area contributed by atoms with Crippen molar-refractivity contribution in [3.63, 3.8) is 0 Å². The van der Waals surface area contributed by atoms with E-state index >= 15 is 0 Å². The topological polar surface area (TPSA) is 49.0 Å². The van der Waals surface area contributed by atoms with Crippen molar-refractivity contribution in [3.8, 4) is 6.07 Å². The first-order valence-electron chi connectivity index (χ1n) is 5.83. The van der Waals surface area contributed by atoms with Gasteiger partial charge in [0.05, 0.1) is 17.7 Å². The molecule has 16 heavy (non-hydrogen) atoms. The molecule has 0 amide bonds. The summed E-state index contributed by atoms with van der Waals surface area (Å²) in [5.74, 6) is 1.11. The summed E-state index contributed by atoms with van der Waals surface area (Å²) in [5, 5.41) is 12.4. The molecule has 0 aromatic carbocycles. The van der Waals surface area contributed by atoms with Crippen molar-refractivity contribution in [1.82, 2.24) is 5.32 Å². The summed E-state index contributed by atoms with van der Waals surface area (Å²) in [7, 11) is 0. The SMILES string of the molecule is CC(C)(C#N)CNC1CCCc2occc21. The van der Waals surface area contributed by atoms with Gasteiger partial charge in [0.15, 0.2) is 0 Å². The third-order valence-electron chi connectivity index (χ3n) is 3.14. The highest BCUT2D eigenvalue weighted by Gasteiger charge is 2.25. The van der Waals surface area contributed by atoms with Gasteiger partial charge < -0.3 is 9.73 Å². The van der Waals surface area contributed by atoms with Crippen molar-refractivity contribution in [2.24, 2.45) is 5.41 Å². The standard InChI is InChI=1S/C13H18N2O/c1-13(2,8-14)9-15-11-4-3-5-12-10(11)6-7-16-12/h6-7,11,15H,3-5,9H2,1-2H3. The molecule has 0 aliphatic heterocycles. The van der Waals surface area contributed by atoms with Crippen LogP contribution in [0.1, 0.15) is 44.1 Å². The number of furan rings is 1. The molecule has 3 nitrogen and oxygen atoms in total. The molecular weight excluding hydrogens is 200 g/mol. The summed E-state index contributed by atoms with van der Waals surface area (Å²) in [4.78, 5) is 0. The number of hydrogen-bond acceptors (Lipinski definition) is 3. The van der Waals surface area contributed by atoms with E-state index in [9.17, 15) is 0 Å². The highest BCUT2D eigenvalue weighted by molar-refractivity contribution is 5.24. The number of nitriles is 1. The summed E-state index contributed by atoms with van der Waals surface area (Å²) in [5.41, 5.74) is 0.974. The quantitative estimate of drug-likeness (QED) is 0.848. The zero-order chi connectivity index (χ0) is 11.6. The summed E-state index contributed by atoms with van der Waals surface area (Å²) in [6.07, 6.45) is 5.10. The normalized spacial score (nSPS) is 20.2. The average Bonchev–Trinajstić information content (AvgIpc) is 2.75. The molecule has 0 radical (unpaired) electrons. The smallest absolute Gasteiger partial charge is 0.108 e. The molecule has 1 aliphatic carbocycles. The van der Waals surface area contributed by atoms with Crippen LogP contribution >= 0.6 is 0 Å². The van der Waals surface area contributed by atoms with E-state index in [1.807, 2.05) is 19.9 Å². The zero-order valence-electron chi connectivity index (χ0n) is 9.92. The minimum absolute atomic E-state index is 0.304. The fourth-order valence-corrected chi connectivity index (χ4v) is 2.12. The molecule has 1 unspecified atom stereocenters. The van der Waals surface area contributed by atoms with Crippen LogP contribution < -0.4 is 5.32 Å². The summed E-state index contributed by atoms with van der Waals surface area (Å²) >= 11 is 0. The van der Waals surface area contributed by atoms with Gasteiger partial charge in [-0.1, -0.05) is 0 Å². The minimum atomic E-state index is -0.304. The molecule has 0 spiro atoms. The summed E-state index contributed by atoms with van der Waals surface area (Å²) in [6, 6.07) is 4.72. The highest BCUT2D eigenvalue weighted by atomic mass is 16.3. The molecular formula is C13H18N2O. The van der Waals surface area contributed by atoms with Crippen LogP contribution in [0.3, 0.4) is 0 Å². The molecule has 2 rings (SSSR count). The van der Waals surface area contributed by atoms with Crippen LogP contribution in [0.25, 0.3) is 0 Å². The molecule has 1 aromatic heterocycles. The Balaban J connectivity index is 2.01. The maximum absolute atomic E-state index is 8.97. The monoisotopic (exact) mass is 218 g/mol. The van der Waals surface area contributed by atoms with Crippen molar-refractivity contribution < 1.29 is 4.42 Å². The Morgan fingerprint density at radius 1 is 1.62 bits per heavy atom. The van der Waals surface area contributed by atoms with Crippen molar-refractivity contribution in [3.05, 3.63) is 23.7 Å². The Kier molecular flexibility index (Phi) is 3.02. The molecule has 0 fully saturated rings. The lowest BCUT2D eigenvalue weighted by molar-refractivity contribution is 0.363. The van der Waals surface area contributed by atoms with Crippen LogP contribution in [0.5, 0.6) is 0 Å². The van der Waals surface area contributed by atoms with E-state index in [0.29, 0.717) is 6.04 Å². The lowest BCUT2D eigenvalue weighted by Gasteiger charge is -2.26. The Bertz CT molecular complexity index is 400. The van der Waals surface area contributed by atoms with Crippen molar-refractivity contribution in [2.75, 3.05) is 6.54 Å². The van der Waals surface area contributed by atoms with E-state index in [4.69, 9.17) is 9.68 Å². The summed E-state index contributed by atoms with van der Waals surface area (Å²) in [6.45, 7) is 4.64. The molecule has 1 aromatic rings. The van der Waals surface area contributed by atoms with Gasteiger partial charge in [0.1, 0.15) is 5.76 Å². The fourth-order valence-electron chi connectivity index (χ4n) is 2.12. The van der Waals surface area contributed by atoms with Crippen molar-refractivity contribution >= 4 is 0 Å². The predicted molar refractivity (Wildman–Crippen MR) is 61.8 cm³/mol. The second kappa shape index (κ2) is 4.31. The third kappa shape index (κ3) is 2.28. The molecule has 0 saturated carbocycles. The van der Waals surface area contributed by atoms with Crippen LogP contribution in [0.4, 0.5) is 0 Å². The number of fused-ring (bicyclic) bond motifs is 1. The molecule has 0 saturated heterocycles. The lowest BCUT2D eigenvalue weighted by Crippen LogP contribution is -2.32. The molecule has 86 valence electrons. The van der Waals surface area contributed by atoms with Crippen molar-refractivity contribution in [1.29, 1.82) is 5.26 Å². The van der Waals surface area contributed by atoms with Gasteiger partial charge >= 0.3 is 0 Å². The van der Waals surface area contributed by atoms with Crippen LogP contribution in [-0.4, -0.2) is 6.54 Å². The Hall–Kier alpha value is -1.27. The van der Waals surface area contributed by atoms with Crippen molar-refractivity contribution in [2.45, 2.75) is 39.2 Å². The maximum atomic E-state index is 8.97. The second-order valence-corrected chi connectivity index (χ2v) is 5.12. The van der Waals surface area contributed by atoms with Gasteiger partial charge in [-0.2, -0.15) is 5.26 Å². The van der Waals surface area contributed by atoms with Gasteiger partial charge in [0.25, 0.3) is 0 Å². The molecule has 1 atom stereocenters. The van der Waals surface area contributed by atoms with Gasteiger partial charge in [0.2, 0.25) is 0 Å². The number of nitrogens with one attached hydrogen (secondary N) is 1. The van der Waals surface area contributed by atoms with Gasteiger partial charge in [-0.05, 0) is 32.8 Å². The third-order valence-corrected chi connectivity index (χ3v) is 3.14. The Morgan fingerprint density at radius 2 is 2.44 bits per heavy atom. The second-order valence-electron chi connectivity index (χ2n) is 5.12. The summed E-state index contributed by atoms with van der Waals surface area (Å²) < 4.78 is 5.44. The van der Waals surface area contributed by atoms with Crippen LogP contribution in [-0.2, 0) is 6.42 Å². The number of rotatable bonds is 3. The molecule has 0 bridgehead atoms. The highest BCUT2D eigenvalue weighted by Crippen LogP contribution is 2.30. The average molecular weight is 218 g/mol. The fraction of sp³-hybridized carbons (Fsp3) is 0.615. The van der Waals surface area contributed by atoms with Crippen LogP contribution in [0.15, 0.2) is 16.7 Å². The first kappa shape index (κ1) is 11.2. The van der Waals surface area contributed by atoms with E-state index in [1.54, 1.807) is 6.26 Å². The molecule has 1 N–H and O–H groups in total. The van der Waals surface area contributed by atoms with E-state index in [2.05, 4.69) is 11.4 Å². The maximum Gasteiger partial charge on any atom is 0.108 e. The predicted octanol–water partition coefficient (Wildman–Crippen LogP) is 2.80. The van der Waals surface area contributed by atoms with Crippen LogP contribution in [0, 0.1) is 16.7 Å². The van der Waals surface area contributed by atoms with Crippen LogP contribution in [0.2, 0.25) is 0 Å². The lowest BCUT2D eigenvalue weighted by atomic mass is 9.91. The molecule has 1 aliphatic rings. The van der Waals surface area contributed by atoms with E-state index in [0.717, 1.165) is 31.6 Å². The zero-order valence-corrected chi connectivity index (χ0v) is 9.92. The van der Waals surface area contributed by atoms with E-state index in [-0.39, 0.29) is 5.41 Å². The Morgan fingerprint density at radius 3 is 3.19 bits per heavy atom. The number of hydrogen-bond donors (Lipinski definition) is 1. The van der Waals surface area contributed by atoms with Gasteiger partial charge in [-0.15, -0.1) is 0 Å². The first-order valence-corrected chi connectivity index (χ1v) is 5.83. The van der Waals surface area contributed by atoms with E-state index < -0.39 is 0 Å². The van der Waals surface area contributed by atoms with Gasteiger partial charge in [-0.3, -0.25) is 0 Å². The van der Waals surface area contributed by atoms with Gasteiger partial charge in [-0.25, -0.2) is 0 Å². The van der Waals surface area contributed by atoms with E-state index in [1.165, 1.54) is 5.56 Å². The molecule has 1 heterocycles. The number of nitrogens with zero attached hydrogens (tertiary/aromatic N) is 1. The van der Waals surface area contributed by atoms with Gasteiger partial charge in [0, 0.05) is 24.6 Å². The molecule has 3 heteroatoms. The Labute approximate surface area is 96.4 Å².